The Hall–Kier alpha value is -6.00. The summed E-state index contributed by atoms with van der Waals surface area (Å²) in [7, 11) is 1.22. The maximum atomic E-state index is 15.4. The van der Waals surface area contributed by atoms with Crippen LogP contribution in [0.15, 0.2) is 60.9 Å². The molecule has 17 heteroatoms. The number of hydrogen-bond acceptors (Lipinski definition) is 8. The van der Waals surface area contributed by atoms with Crippen molar-refractivity contribution in [3.63, 3.8) is 0 Å². The third-order valence-electron chi connectivity index (χ3n) is 10.6. The van der Waals surface area contributed by atoms with Crippen molar-refractivity contribution in [3.8, 4) is 22.4 Å². The number of nitrogens with one attached hydrogen (secondary N) is 5. The molecule has 3 heterocycles. The zero-order valence-corrected chi connectivity index (χ0v) is 32.7. The molecule has 0 unspecified atom stereocenters. The van der Waals surface area contributed by atoms with Crippen molar-refractivity contribution >= 4 is 35.3 Å². The average molecular weight is 807 g/mol. The van der Waals surface area contributed by atoms with Crippen LogP contribution in [0.4, 0.5) is 33.9 Å². The number of halogens is 4. The van der Waals surface area contributed by atoms with Crippen LogP contribution in [0.2, 0.25) is 0 Å². The number of hydrogen-bond donors (Lipinski definition) is 5. The summed E-state index contributed by atoms with van der Waals surface area (Å²) in [6, 6.07) is 9.01. The Morgan fingerprint density at radius 1 is 1.00 bits per heavy atom. The van der Waals surface area contributed by atoms with Gasteiger partial charge in [0.25, 0.3) is 5.91 Å². The highest BCUT2D eigenvalue weighted by atomic mass is 19.4. The maximum absolute atomic E-state index is 15.4. The molecule has 1 saturated heterocycles. The zero-order chi connectivity index (χ0) is 41.9. The van der Waals surface area contributed by atoms with E-state index < -0.39 is 46.9 Å². The molecule has 2 aromatic heterocycles. The van der Waals surface area contributed by atoms with Crippen LogP contribution in [-0.4, -0.2) is 76.5 Å². The van der Waals surface area contributed by atoms with Crippen LogP contribution in [0.25, 0.3) is 22.4 Å². The van der Waals surface area contributed by atoms with E-state index in [1.165, 1.54) is 37.6 Å². The SMILES string of the molecule is COC(=O)N[C@H](C(=O)N1CCC[C@H]1c1ncc(-c2ccc(-c3cc(F)c(NC(=O)c4ccc(NCCNC(=O)[C@H]5CC5(C)C)nc4)cc3C(F)(F)F)cc2)[nH]1)C(C)C. The smallest absolute Gasteiger partial charge is 0.417 e. The molecule has 2 aliphatic rings. The van der Waals surface area contributed by atoms with E-state index in [0.29, 0.717) is 55.0 Å². The number of H-pyrrole nitrogens is 1. The molecule has 0 bridgehead atoms. The molecular weight excluding hydrogens is 760 g/mol. The Labute approximate surface area is 332 Å². The van der Waals surface area contributed by atoms with Crippen LogP contribution in [0, 0.1) is 23.1 Å². The van der Waals surface area contributed by atoms with Gasteiger partial charge in [0.15, 0.2) is 0 Å². The number of methoxy groups -OCH3 is 1. The molecule has 1 saturated carbocycles. The number of aromatic amines is 1. The standard InChI is InChI=1S/C41H46F4N8O5/c1-22(2)34(52-39(57)58-5)38(56)53-16-6-7-32(53)35-49-21-31(50-35)24-10-8-23(9-11-24)26-17-29(42)30(18-27(26)41(43,44)45)51-36(54)25-12-13-33(48-20-25)46-14-15-47-37(55)28-19-40(28,3)4/h8-13,17-18,20-22,28,32,34H,6-7,14-16,19H2,1-5H3,(H,46,48)(H,47,55)(H,49,50)(H,51,54)(H,52,57)/t28-,32+,34+/m1/s1. The summed E-state index contributed by atoms with van der Waals surface area (Å²) in [5.41, 5.74) is -0.990. The first kappa shape index (κ1) is 41.6. The second-order valence-corrected chi connectivity index (χ2v) is 15.5. The van der Waals surface area contributed by atoms with Gasteiger partial charge < -0.3 is 35.9 Å². The lowest BCUT2D eigenvalue weighted by Crippen LogP contribution is -2.51. The number of benzene rings is 2. The number of carbonyl (C=O) groups excluding carboxylic acids is 4. The van der Waals surface area contributed by atoms with Crippen molar-refractivity contribution in [3.05, 3.63) is 83.7 Å². The van der Waals surface area contributed by atoms with Gasteiger partial charge in [-0.25, -0.2) is 19.2 Å². The summed E-state index contributed by atoms with van der Waals surface area (Å²) >= 11 is 0. The van der Waals surface area contributed by atoms with Crippen molar-refractivity contribution in [1.29, 1.82) is 0 Å². The molecule has 0 radical (unpaired) electrons. The number of anilines is 2. The highest BCUT2D eigenvalue weighted by Gasteiger charge is 2.50. The molecule has 2 fully saturated rings. The quantitative estimate of drug-likeness (QED) is 0.0700. The lowest BCUT2D eigenvalue weighted by atomic mass is 9.96. The fourth-order valence-electron chi connectivity index (χ4n) is 7.06. The summed E-state index contributed by atoms with van der Waals surface area (Å²) in [5, 5.41) is 10.7. The van der Waals surface area contributed by atoms with Crippen LogP contribution < -0.4 is 21.3 Å². The first-order valence-electron chi connectivity index (χ1n) is 19.0. The fourth-order valence-corrected chi connectivity index (χ4v) is 7.06. The van der Waals surface area contributed by atoms with Gasteiger partial charge in [-0.15, -0.1) is 0 Å². The third-order valence-corrected chi connectivity index (χ3v) is 10.6. The predicted octanol–water partition coefficient (Wildman–Crippen LogP) is 7.17. The number of alkyl halides is 3. The van der Waals surface area contributed by atoms with Crippen LogP contribution in [0.1, 0.15) is 74.7 Å². The normalized spacial score (nSPS) is 17.7. The number of carbonyl (C=O) groups is 4. The summed E-state index contributed by atoms with van der Waals surface area (Å²) in [6.07, 6.45) is -0.637. The van der Waals surface area contributed by atoms with Gasteiger partial charge in [-0.1, -0.05) is 52.0 Å². The van der Waals surface area contributed by atoms with E-state index in [1.54, 1.807) is 23.2 Å². The van der Waals surface area contributed by atoms with Crippen LogP contribution >= 0.6 is 0 Å². The molecule has 0 spiro atoms. The van der Waals surface area contributed by atoms with E-state index in [4.69, 9.17) is 4.74 Å². The third kappa shape index (κ3) is 9.40. The molecule has 58 heavy (non-hydrogen) atoms. The second kappa shape index (κ2) is 16.8. The molecule has 1 aliphatic heterocycles. The first-order chi connectivity index (χ1) is 27.5. The van der Waals surface area contributed by atoms with E-state index in [1.807, 2.05) is 27.7 Å². The minimum atomic E-state index is -4.89. The Kier molecular flexibility index (Phi) is 12.1. The van der Waals surface area contributed by atoms with Crippen molar-refractivity contribution in [1.82, 2.24) is 30.5 Å². The van der Waals surface area contributed by atoms with E-state index >= 15 is 4.39 Å². The predicted molar refractivity (Wildman–Crippen MR) is 208 cm³/mol. The van der Waals surface area contributed by atoms with Gasteiger partial charge in [0, 0.05) is 31.7 Å². The number of ether oxygens (including phenoxy) is 1. The van der Waals surface area contributed by atoms with Crippen molar-refractivity contribution in [2.45, 2.75) is 65.2 Å². The van der Waals surface area contributed by atoms with E-state index in [2.05, 4.69) is 36.2 Å². The van der Waals surface area contributed by atoms with Crippen LogP contribution in [-0.2, 0) is 20.5 Å². The molecule has 2 aromatic carbocycles. The van der Waals surface area contributed by atoms with E-state index in [9.17, 15) is 32.3 Å². The number of pyridine rings is 1. The minimum absolute atomic E-state index is 0.00338. The van der Waals surface area contributed by atoms with Gasteiger partial charge in [0.1, 0.15) is 23.5 Å². The van der Waals surface area contributed by atoms with Gasteiger partial charge in [-0.2, -0.15) is 13.2 Å². The van der Waals surface area contributed by atoms with E-state index in [0.717, 1.165) is 18.9 Å². The Bertz CT molecular complexity index is 2150. The molecule has 308 valence electrons. The fraction of sp³-hybridized carbons (Fsp3) is 0.415. The minimum Gasteiger partial charge on any atom is -0.453 e. The Morgan fingerprint density at radius 3 is 2.33 bits per heavy atom. The number of aromatic nitrogens is 3. The monoisotopic (exact) mass is 806 g/mol. The number of amides is 4. The summed E-state index contributed by atoms with van der Waals surface area (Å²) in [6.45, 7) is 8.91. The average Bonchev–Trinajstić information content (AvgIpc) is 3.53. The summed E-state index contributed by atoms with van der Waals surface area (Å²) in [5.74, 6) is -1.47. The van der Waals surface area contributed by atoms with Gasteiger partial charge in [0.2, 0.25) is 11.8 Å². The second-order valence-electron chi connectivity index (χ2n) is 15.5. The van der Waals surface area contributed by atoms with Crippen molar-refractivity contribution in [2.24, 2.45) is 17.3 Å². The molecule has 5 N–H and O–H groups in total. The van der Waals surface area contributed by atoms with E-state index in [-0.39, 0.29) is 46.2 Å². The Morgan fingerprint density at radius 2 is 1.71 bits per heavy atom. The summed E-state index contributed by atoms with van der Waals surface area (Å²) < 4.78 is 63.4. The first-order valence-corrected chi connectivity index (χ1v) is 19.0. The number of imidazole rings is 1. The van der Waals surface area contributed by atoms with Crippen LogP contribution in [0.3, 0.4) is 0 Å². The number of likely N-dealkylation sites (tertiary alicyclic amines) is 1. The maximum Gasteiger partial charge on any atom is 0.417 e. The van der Waals surface area contributed by atoms with Crippen LogP contribution in [0.5, 0.6) is 0 Å². The molecule has 6 rings (SSSR count). The number of rotatable bonds is 13. The lowest BCUT2D eigenvalue weighted by Gasteiger charge is -2.30. The Balaban J connectivity index is 1.11. The van der Waals surface area contributed by atoms with Gasteiger partial charge in [-0.05, 0) is 71.6 Å². The topological polar surface area (TPSA) is 170 Å². The summed E-state index contributed by atoms with van der Waals surface area (Å²) in [4.78, 5) is 64.1. The molecule has 3 atom stereocenters. The van der Waals surface area contributed by atoms with Crippen molar-refractivity contribution < 1.29 is 41.5 Å². The molecule has 1 aliphatic carbocycles. The number of nitrogens with zero attached hydrogens (tertiary/aromatic N) is 3. The van der Waals surface area contributed by atoms with Gasteiger partial charge >= 0.3 is 12.3 Å². The molecular formula is C41H46F4N8O5. The highest BCUT2D eigenvalue weighted by molar-refractivity contribution is 6.04. The molecule has 13 nitrogen and oxygen atoms in total. The zero-order valence-electron chi connectivity index (χ0n) is 32.7. The van der Waals surface area contributed by atoms with Gasteiger partial charge in [0.05, 0.1) is 41.9 Å². The molecule has 4 amide bonds. The highest BCUT2D eigenvalue weighted by Crippen LogP contribution is 2.51. The molecule has 4 aromatic rings. The largest absolute Gasteiger partial charge is 0.453 e. The number of alkyl carbamates (subject to hydrolysis) is 1. The van der Waals surface area contributed by atoms with Gasteiger partial charge in [-0.3, -0.25) is 14.4 Å². The van der Waals surface area contributed by atoms with Crippen molar-refractivity contribution in [2.75, 3.05) is 37.4 Å². The lowest BCUT2D eigenvalue weighted by molar-refractivity contribution is -0.137.